The maximum absolute atomic E-state index is 10.8. The summed E-state index contributed by atoms with van der Waals surface area (Å²) in [5.74, 6) is -0.429. The zero-order valence-corrected chi connectivity index (χ0v) is 8.57. The van der Waals surface area contributed by atoms with E-state index in [-0.39, 0.29) is 5.12 Å². The summed E-state index contributed by atoms with van der Waals surface area (Å²) >= 11 is 3.90. The third-order valence-electron chi connectivity index (χ3n) is 0.841. The predicted molar refractivity (Wildman–Crippen MR) is 48.8 cm³/mol. The minimum Gasteiger partial charge on any atom is -0.469 e. The van der Waals surface area contributed by atoms with Crippen LogP contribution in [-0.2, 0) is 14.3 Å². The van der Waals surface area contributed by atoms with Crippen molar-refractivity contribution in [1.29, 1.82) is 0 Å². The first-order valence-electron chi connectivity index (χ1n) is 2.80. The normalized spacial score (nSPS) is 11.9. The average molecular weight is 238 g/mol. The minimum absolute atomic E-state index is 0.115. The lowest BCUT2D eigenvalue weighted by atomic mass is 10.0. The molecule has 3 nitrogen and oxygen atoms in total. The van der Waals surface area contributed by atoms with Crippen LogP contribution in [0.4, 0.5) is 0 Å². The van der Waals surface area contributed by atoms with Crippen LogP contribution in [0.1, 0.15) is 6.92 Å². The Labute approximate surface area is 78.5 Å². The van der Waals surface area contributed by atoms with Gasteiger partial charge >= 0.3 is 5.97 Å². The largest absolute Gasteiger partial charge is 0.469 e. The van der Waals surface area contributed by atoms with Crippen molar-refractivity contribution in [3.05, 3.63) is 0 Å². The van der Waals surface area contributed by atoms with Gasteiger partial charge in [0.25, 0.3) is 0 Å². The van der Waals surface area contributed by atoms with Crippen LogP contribution in [0.25, 0.3) is 0 Å². The molecule has 0 saturated carbocycles. The van der Waals surface area contributed by atoms with Gasteiger partial charge in [0.15, 0.2) is 5.12 Å². The Kier molecular flexibility index (Phi) is 5.67. The zero-order valence-electron chi connectivity index (χ0n) is 6.17. The van der Waals surface area contributed by atoms with Crippen LogP contribution in [0.3, 0.4) is 0 Å². The van der Waals surface area contributed by atoms with E-state index in [4.69, 9.17) is 0 Å². The van der Waals surface area contributed by atoms with Crippen molar-refractivity contribution in [3.63, 3.8) is 0 Å². The number of halogens is 1. The van der Waals surface area contributed by atoms with Gasteiger partial charge in [0, 0.05) is 6.92 Å². The van der Waals surface area contributed by atoms with E-state index in [9.17, 15) is 9.59 Å². The highest BCUT2D eigenvalue weighted by Crippen LogP contribution is 2.13. The van der Waals surface area contributed by atoms with Crippen LogP contribution < -0.4 is 0 Å². The molecule has 1 radical (unpaired) electrons. The highest BCUT2D eigenvalue weighted by molar-refractivity contribution is 9.23. The summed E-state index contributed by atoms with van der Waals surface area (Å²) in [6, 6.07) is 0. The highest BCUT2D eigenvalue weighted by atomic mass is 79.9. The van der Waals surface area contributed by atoms with Gasteiger partial charge < -0.3 is 4.74 Å². The van der Waals surface area contributed by atoms with Gasteiger partial charge in [-0.05, 0) is 0 Å². The summed E-state index contributed by atoms with van der Waals surface area (Å²) in [6.45, 7) is 1.40. The number of hydrogen-bond acceptors (Lipinski definition) is 4. The van der Waals surface area contributed by atoms with Gasteiger partial charge in [0.2, 0.25) is 6.10 Å². The molecule has 0 heterocycles. The third kappa shape index (κ3) is 4.47. The Morgan fingerprint density at radius 2 is 2.18 bits per heavy atom. The van der Waals surface area contributed by atoms with Crippen LogP contribution in [0, 0.1) is 0 Å². The molecule has 61 valence electrons. The quantitative estimate of drug-likeness (QED) is 0.538. The van der Waals surface area contributed by atoms with Crippen LogP contribution >= 0.6 is 27.5 Å². The van der Waals surface area contributed by atoms with E-state index in [0.717, 1.165) is 11.8 Å². The highest BCUT2D eigenvalue weighted by Gasteiger charge is 2.21. The number of hydrogen-bond donors (Lipinski definition) is 0. The van der Waals surface area contributed by atoms with Crippen LogP contribution in [0.2, 0.25) is 0 Å². The molecule has 0 N–H and O–H groups in total. The lowest BCUT2D eigenvalue weighted by Gasteiger charge is -2.06. The minimum atomic E-state index is -0.544. The first kappa shape index (κ1) is 11.0. The van der Waals surface area contributed by atoms with E-state index < -0.39 is 11.1 Å². The predicted octanol–water partition coefficient (Wildman–Crippen LogP) is 0.779. The molecule has 0 aromatic carbocycles. The molecular formula is C5H7BBrO3S. The first-order chi connectivity index (χ1) is 5.11. The van der Waals surface area contributed by atoms with Gasteiger partial charge in [-0.2, -0.15) is 15.8 Å². The number of rotatable bonds is 3. The molecule has 1 atom stereocenters. The van der Waals surface area contributed by atoms with Gasteiger partial charge in [0.05, 0.1) is 12.3 Å². The van der Waals surface area contributed by atoms with Crippen molar-refractivity contribution >= 4 is 44.7 Å². The standard InChI is InChI=1S/C5H7BBrO3S/c1-3(8)11-4(6-7)5(9)10-2/h4H,1-2H3. The van der Waals surface area contributed by atoms with Crippen molar-refractivity contribution < 1.29 is 14.3 Å². The fourth-order valence-electron chi connectivity index (χ4n) is 0.420. The topological polar surface area (TPSA) is 43.4 Å². The van der Waals surface area contributed by atoms with E-state index >= 15 is 0 Å². The summed E-state index contributed by atoms with van der Waals surface area (Å²) in [7, 11) is 1.28. The Morgan fingerprint density at radius 1 is 1.64 bits per heavy atom. The molecule has 0 fully saturated rings. The molecule has 1 unspecified atom stereocenters. The lowest BCUT2D eigenvalue weighted by molar-refractivity contribution is -0.138. The van der Waals surface area contributed by atoms with Gasteiger partial charge in [-0.3, -0.25) is 9.59 Å². The van der Waals surface area contributed by atoms with Gasteiger partial charge in [-0.1, -0.05) is 11.8 Å². The summed E-state index contributed by atoms with van der Waals surface area (Å²) < 4.78 is 4.43. The summed E-state index contributed by atoms with van der Waals surface area (Å²) in [5.41, 5.74) is 0. The van der Waals surface area contributed by atoms with Gasteiger partial charge in [-0.15, -0.1) is 0 Å². The van der Waals surface area contributed by atoms with Gasteiger partial charge in [-0.25, -0.2) is 0 Å². The Hall–Kier alpha value is 0.0349. The van der Waals surface area contributed by atoms with Crippen molar-refractivity contribution in [2.24, 2.45) is 0 Å². The van der Waals surface area contributed by atoms with Gasteiger partial charge in [0.1, 0.15) is 0 Å². The van der Waals surface area contributed by atoms with E-state index in [1.54, 1.807) is 0 Å². The molecule has 11 heavy (non-hydrogen) atoms. The van der Waals surface area contributed by atoms with E-state index in [0.29, 0.717) is 0 Å². The molecule has 6 heteroatoms. The second-order valence-corrected chi connectivity index (χ2v) is 3.53. The smallest absolute Gasteiger partial charge is 0.311 e. The number of ether oxygens (including phenoxy) is 1. The maximum Gasteiger partial charge on any atom is 0.311 e. The van der Waals surface area contributed by atoms with Crippen LogP contribution in [0.15, 0.2) is 0 Å². The molecule has 0 saturated heterocycles. The molecule has 0 rings (SSSR count). The van der Waals surface area contributed by atoms with Crippen molar-refractivity contribution in [1.82, 2.24) is 0 Å². The SMILES string of the molecule is COC(=O)C([B]Br)SC(C)=O. The van der Waals surface area contributed by atoms with E-state index in [1.807, 2.05) is 0 Å². The molecule has 0 aromatic rings. The Morgan fingerprint density at radius 3 is 2.45 bits per heavy atom. The molecular weight excluding hydrogens is 231 g/mol. The number of carbonyl (C=O) groups is 2. The molecule has 0 aliphatic rings. The van der Waals surface area contributed by atoms with E-state index in [1.165, 1.54) is 20.1 Å². The maximum atomic E-state index is 10.8. The van der Waals surface area contributed by atoms with Crippen molar-refractivity contribution in [3.8, 4) is 0 Å². The number of carbonyl (C=O) groups excluding carboxylic acids is 2. The number of esters is 1. The number of thioether (sulfide) groups is 1. The fraction of sp³-hybridized carbons (Fsp3) is 0.600. The summed E-state index contributed by atoms with van der Waals surface area (Å²) in [5, 5.41) is -0.659. The molecule has 0 bridgehead atoms. The van der Waals surface area contributed by atoms with Crippen LogP contribution in [-0.4, -0.2) is 29.4 Å². The molecule has 0 aliphatic carbocycles. The van der Waals surface area contributed by atoms with Crippen molar-refractivity contribution in [2.45, 2.75) is 12.1 Å². The second kappa shape index (κ2) is 5.66. The molecule has 0 aliphatic heterocycles. The second-order valence-electron chi connectivity index (χ2n) is 1.68. The average Bonchev–Trinajstić information content (AvgIpc) is 1.98. The molecule has 0 spiro atoms. The Balaban J connectivity index is 3.94. The van der Waals surface area contributed by atoms with Crippen molar-refractivity contribution in [2.75, 3.05) is 7.11 Å². The molecule has 0 amide bonds. The lowest BCUT2D eigenvalue weighted by Crippen LogP contribution is -2.23. The summed E-state index contributed by atoms with van der Waals surface area (Å²) in [6.07, 6.45) is 1.45. The first-order valence-corrected chi connectivity index (χ1v) is 4.60. The monoisotopic (exact) mass is 237 g/mol. The van der Waals surface area contributed by atoms with Crippen LogP contribution in [0.5, 0.6) is 0 Å². The fourth-order valence-corrected chi connectivity index (χ4v) is 1.56. The van der Waals surface area contributed by atoms with E-state index in [2.05, 4.69) is 20.5 Å². The summed E-state index contributed by atoms with van der Waals surface area (Å²) in [4.78, 5) is 21.4. The number of methoxy groups -OCH3 is 1. The Bertz CT molecular complexity index is 164. The third-order valence-corrected chi connectivity index (χ3v) is 2.63. The zero-order chi connectivity index (χ0) is 8.85. The molecule has 0 aromatic heterocycles.